The normalized spacial score (nSPS) is 14.2. The van der Waals surface area contributed by atoms with Crippen molar-refractivity contribution in [3.63, 3.8) is 0 Å². The van der Waals surface area contributed by atoms with E-state index in [1.807, 2.05) is 24.3 Å². The van der Waals surface area contributed by atoms with Crippen LogP contribution in [0.1, 0.15) is 15.9 Å². The number of nitro benzene ring substituents is 1. The molecule has 2 aromatic carbocycles. The minimum atomic E-state index is -0.451. The number of piperazine rings is 1. The minimum absolute atomic E-state index is 0.0206. The molecule has 136 valence electrons. The van der Waals surface area contributed by atoms with Gasteiger partial charge in [0.15, 0.2) is 0 Å². The molecular weight excluding hydrogens is 334 g/mol. The number of aryl methyl sites for hydroxylation is 1. The second-order valence-corrected chi connectivity index (χ2v) is 6.24. The predicted octanol–water partition coefficient (Wildman–Crippen LogP) is 2.87. The number of rotatable bonds is 4. The van der Waals surface area contributed by atoms with E-state index in [0.29, 0.717) is 37.3 Å². The average Bonchev–Trinajstić information content (AvgIpc) is 2.68. The lowest BCUT2D eigenvalue weighted by Gasteiger charge is -2.36. The number of nitro groups is 1. The van der Waals surface area contributed by atoms with Crippen LogP contribution < -0.4 is 9.64 Å². The SMILES string of the molecule is COc1ccc(N2CCN(C(=O)c3ccc(C)c([N+](=O)[O-])c3)CC2)cc1. The molecule has 1 heterocycles. The molecule has 0 atom stereocenters. The first-order valence-electron chi connectivity index (χ1n) is 8.43. The van der Waals surface area contributed by atoms with Crippen LogP contribution in [0.4, 0.5) is 11.4 Å². The van der Waals surface area contributed by atoms with Crippen LogP contribution in [0.5, 0.6) is 5.75 Å². The van der Waals surface area contributed by atoms with Crippen LogP contribution in [-0.4, -0.2) is 49.0 Å². The van der Waals surface area contributed by atoms with Gasteiger partial charge < -0.3 is 14.5 Å². The first-order chi connectivity index (χ1) is 12.5. The van der Waals surface area contributed by atoms with Crippen LogP contribution in [0.2, 0.25) is 0 Å². The highest BCUT2D eigenvalue weighted by atomic mass is 16.6. The summed E-state index contributed by atoms with van der Waals surface area (Å²) in [5.41, 5.74) is 1.98. The highest BCUT2D eigenvalue weighted by Crippen LogP contribution is 2.23. The fraction of sp³-hybridized carbons (Fsp3) is 0.316. The Hall–Kier alpha value is -3.09. The Bertz CT molecular complexity index is 812. The minimum Gasteiger partial charge on any atom is -0.497 e. The van der Waals surface area contributed by atoms with E-state index in [-0.39, 0.29) is 11.6 Å². The zero-order chi connectivity index (χ0) is 18.7. The summed E-state index contributed by atoms with van der Waals surface area (Å²) < 4.78 is 5.17. The van der Waals surface area contributed by atoms with Crippen LogP contribution in [-0.2, 0) is 0 Å². The van der Waals surface area contributed by atoms with Crippen molar-refractivity contribution in [3.8, 4) is 5.75 Å². The van der Waals surface area contributed by atoms with Gasteiger partial charge in [-0.2, -0.15) is 0 Å². The molecule has 0 aromatic heterocycles. The molecule has 2 aromatic rings. The lowest BCUT2D eigenvalue weighted by molar-refractivity contribution is -0.385. The second-order valence-electron chi connectivity index (χ2n) is 6.24. The van der Waals surface area contributed by atoms with Gasteiger partial charge in [0.05, 0.1) is 12.0 Å². The van der Waals surface area contributed by atoms with Crippen molar-refractivity contribution >= 4 is 17.3 Å². The maximum absolute atomic E-state index is 12.7. The van der Waals surface area contributed by atoms with Gasteiger partial charge in [0.2, 0.25) is 0 Å². The fourth-order valence-electron chi connectivity index (χ4n) is 3.08. The first kappa shape index (κ1) is 17.7. The van der Waals surface area contributed by atoms with Gasteiger partial charge in [0.25, 0.3) is 11.6 Å². The quantitative estimate of drug-likeness (QED) is 0.623. The Labute approximate surface area is 151 Å². The molecular formula is C19H21N3O4. The number of carbonyl (C=O) groups excluding carboxylic acids is 1. The third-order valence-electron chi connectivity index (χ3n) is 4.66. The van der Waals surface area contributed by atoms with Crippen molar-refractivity contribution in [2.24, 2.45) is 0 Å². The topological polar surface area (TPSA) is 75.9 Å². The Kier molecular flexibility index (Phi) is 5.06. The van der Waals surface area contributed by atoms with Crippen LogP contribution in [0.25, 0.3) is 0 Å². The van der Waals surface area contributed by atoms with Gasteiger partial charge in [0.1, 0.15) is 5.75 Å². The van der Waals surface area contributed by atoms with E-state index < -0.39 is 4.92 Å². The summed E-state index contributed by atoms with van der Waals surface area (Å²) in [5.74, 6) is 0.644. The molecule has 0 aliphatic carbocycles. The molecule has 0 radical (unpaired) electrons. The molecule has 1 fully saturated rings. The Balaban J connectivity index is 1.66. The number of nitrogens with zero attached hydrogens (tertiary/aromatic N) is 3. The largest absolute Gasteiger partial charge is 0.497 e. The summed E-state index contributed by atoms with van der Waals surface area (Å²) in [6.07, 6.45) is 0. The molecule has 7 heteroatoms. The summed E-state index contributed by atoms with van der Waals surface area (Å²) in [6, 6.07) is 12.5. The van der Waals surface area contributed by atoms with Gasteiger partial charge in [-0.3, -0.25) is 14.9 Å². The maximum Gasteiger partial charge on any atom is 0.273 e. The fourth-order valence-corrected chi connectivity index (χ4v) is 3.08. The highest BCUT2D eigenvalue weighted by Gasteiger charge is 2.24. The van der Waals surface area contributed by atoms with Gasteiger partial charge in [-0.15, -0.1) is 0 Å². The van der Waals surface area contributed by atoms with Gasteiger partial charge in [0, 0.05) is 49.1 Å². The van der Waals surface area contributed by atoms with E-state index in [0.717, 1.165) is 11.4 Å². The monoisotopic (exact) mass is 355 g/mol. The van der Waals surface area contributed by atoms with Gasteiger partial charge in [-0.25, -0.2) is 0 Å². The third-order valence-corrected chi connectivity index (χ3v) is 4.66. The summed E-state index contributed by atoms with van der Waals surface area (Å²) in [6.45, 7) is 4.25. The Morgan fingerprint density at radius 1 is 1.08 bits per heavy atom. The van der Waals surface area contributed by atoms with Gasteiger partial charge >= 0.3 is 0 Å². The lowest BCUT2D eigenvalue weighted by atomic mass is 10.1. The van der Waals surface area contributed by atoms with Crippen molar-refractivity contribution < 1.29 is 14.5 Å². The number of ether oxygens (including phenoxy) is 1. The molecule has 1 aliphatic heterocycles. The molecule has 1 amide bonds. The summed E-state index contributed by atoms with van der Waals surface area (Å²) in [7, 11) is 1.63. The molecule has 1 aliphatic rings. The molecule has 0 N–H and O–H groups in total. The zero-order valence-electron chi connectivity index (χ0n) is 14.8. The summed E-state index contributed by atoms with van der Waals surface area (Å²) >= 11 is 0. The number of methoxy groups -OCH3 is 1. The van der Waals surface area contributed by atoms with E-state index in [1.165, 1.54) is 6.07 Å². The Morgan fingerprint density at radius 2 is 1.73 bits per heavy atom. The van der Waals surface area contributed by atoms with E-state index in [9.17, 15) is 14.9 Å². The van der Waals surface area contributed by atoms with E-state index in [4.69, 9.17) is 4.74 Å². The lowest BCUT2D eigenvalue weighted by Crippen LogP contribution is -2.48. The second kappa shape index (κ2) is 7.43. The van der Waals surface area contributed by atoms with Crippen molar-refractivity contribution in [1.82, 2.24) is 4.90 Å². The molecule has 0 saturated carbocycles. The molecule has 0 unspecified atom stereocenters. The molecule has 0 spiro atoms. The van der Waals surface area contributed by atoms with E-state index in [2.05, 4.69) is 4.90 Å². The molecule has 7 nitrogen and oxygen atoms in total. The highest BCUT2D eigenvalue weighted by molar-refractivity contribution is 5.95. The third kappa shape index (κ3) is 3.61. The number of benzene rings is 2. The smallest absolute Gasteiger partial charge is 0.273 e. The summed E-state index contributed by atoms with van der Waals surface area (Å²) in [4.78, 5) is 27.3. The molecule has 0 bridgehead atoms. The van der Waals surface area contributed by atoms with Crippen LogP contribution in [0, 0.1) is 17.0 Å². The molecule has 1 saturated heterocycles. The van der Waals surface area contributed by atoms with E-state index >= 15 is 0 Å². The van der Waals surface area contributed by atoms with Crippen molar-refractivity contribution in [2.75, 3.05) is 38.2 Å². The standard InChI is InChI=1S/C19H21N3O4/c1-14-3-4-15(13-18(14)22(24)25)19(23)21-11-9-20(10-12-21)16-5-7-17(26-2)8-6-16/h3-8,13H,9-12H2,1-2H3. The zero-order valence-corrected chi connectivity index (χ0v) is 14.8. The van der Waals surface area contributed by atoms with Crippen molar-refractivity contribution in [2.45, 2.75) is 6.92 Å². The number of anilines is 1. The number of hydrogen-bond acceptors (Lipinski definition) is 5. The summed E-state index contributed by atoms with van der Waals surface area (Å²) in [5, 5.41) is 11.1. The van der Waals surface area contributed by atoms with Crippen LogP contribution in [0.15, 0.2) is 42.5 Å². The Morgan fingerprint density at radius 3 is 2.31 bits per heavy atom. The molecule has 3 rings (SSSR count). The van der Waals surface area contributed by atoms with E-state index in [1.54, 1.807) is 31.1 Å². The van der Waals surface area contributed by atoms with Crippen LogP contribution in [0.3, 0.4) is 0 Å². The first-order valence-corrected chi connectivity index (χ1v) is 8.43. The van der Waals surface area contributed by atoms with Gasteiger partial charge in [-0.05, 0) is 37.3 Å². The number of amides is 1. The average molecular weight is 355 g/mol. The predicted molar refractivity (Wildman–Crippen MR) is 98.9 cm³/mol. The van der Waals surface area contributed by atoms with Crippen LogP contribution >= 0.6 is 0 Å². The van der Waals surface area contributed by atoms with Crippen molar-refractivity contribution in [1.29, 1.82) is 0 Å². The number of carbonyl (C=O) groups is 1. The number of hydrogen-bond donors (Lipinski definition) is 0. The van der Waals surface area contributed by atoms with Gasteiger partial charge in [-0.1, -0.05) is 6.07 Å². The van der Waals surface area contributed by atoms with Crippen molar-refractivity contribution in [3.05, 3.63) is 63.7 Å². The molecule has 26 heavy (non-hydrogen) atoms. The maximum atomic E-state index is 12.7.